The van der Waals surface area contributed by atoms with E-state index in [-0.39, 0.29) is 17.4 Å². The second-order valence-electron chi connectivity index (χ2n) is 3.60. The fourth-order valence-corrected chi connectivity index (χ4v) is 1.34. The van der Waals surface area contributed by atoms with Crippen LogP contribution >= 0.6 is 0 Å². The minimum Gasteiger partial charge on any atom is -0.506 e. The summed E-state index contributed by atoms with van der Waals surface area (Å²) in [5, 5.41) is 12.0. The predicted octanol–water partition coefficient (Wildman–Crippen LogP) is 1.87. The fraction of sp³-hybridized carbons (Fsp3) is 0.333. The summed E-state index contributed by atoms with van der Waals surface area (Å²) in [6.45, 7) is 3.17. The van der Waals surface area contributed by atoms with Gasteiger partial charge in [-0.25, -0.2) is 0 Å². The topological polar surface area (TPSA) is 66.4 Å². The number of benzene rings is 1. The lowest BCUT2D eigenvalue weighted by Crippen LogP contribution is -2.07. The van der Waals surface area contributed by atoms with Gasteiger partial charge in [-0.1, -0.05) is 13.0 Å². The van der Waals surface area contributed by atoms with Crippen molar-refractivity contribution in [2.75, 3.05) is 5.32 Å². The molecule has 0 radical (unpaired) electrons. The normalized spacial score (nSPS) is 9.88. The van der Waals surface area contributed by atoms with E-state index in [9.17, 15) is 14.7 Å². The van der Waals surface area contributed by atoms with Gasteiger partial charge in [-0.05, 0) is 17.7 Å². The van der Waals surface area contributed by atoms with Crippen molar-refractivity contribution in [1.29, 1.82) is 0 Å². The number of aromatic hydroxyl groups is 1. The third kappa shape index (κ3) is 3.38. The second kappa shape index (κ2) is 5.30. The van der Waals surface area contributed by atoms with Crippen LogP contribution < -0.4 is 5.32 Å². The second-order valence-corrected chi connectivity index (χ2v) is 3.60. The van der Waals surface area contributed by atoms with E-state index in [2.05, 4.69) is 5.32 Å². The summed E-state index contributed by atoms with van der Waals surface area (Å²) >= 11 is 0. The van der Waals surface area contributed by atoms with Crippen LogP contribution in [-0.4, -0.2) is 16.8 Å². The van der Waals surface area contributed by atoms with E-state index in [1.165, 1.54) is 13.0 Å². The predicted molar refractivity (Wildman–Crippen MR) is 61.4 cm³/mol. The van der Waals surface area contributed by atoms with Crippen molar-refractivity contribution in [3.63, 3.8) is 0 Å². The van der Waals surface area contributed by atoms with Gasteiger partial charge in [0.05, 0.1) is 5.69 Å². The summed E-state index contributed by atoms with van der Waals surface area (Å²) in [6.07, 6.45) is 0.805. The van der Waals surface area contributed by atoms with Crippen molar-refractivity contribution in [2.45, 2.75) is 26.7 Å². The average molecular weight is 221 g/mol. The minimum absolute atomic E-state index is 0.00268. The van der Waals surface area contributed by atoms with Crippen LogP contribution in [0.25, 0.3) is 0 Å². The van der Waals surface area contributed by atoms with Crippen LogP contribution in [0, 0.1) is 0 Å². The molecule has 1 amide bonds. The largest absolute Gasteiger partial charge is 0.506 e. The molecule has 1 rings (SSSR count). The van der Waals surface area contributed by atoms with E-state index in [0.29, 0.717) is 18.5 Å². The number of hydrogen-bond donors (Lipinski definition) is 2. The number of Topliss-reactive ketones (excluding diaryl/α,β-unsaturated/α-hetero) is 1. The summed E-state index contributed by atoms with van der Waals surface area (Å²) < 4.78 is 0. The maximum Gasteiger partial charge on any atom is 0.221 e. The highest BCUT2D eigenvalue weighted by Gasteiger charge is 2.06. The van der Waals surface area contributed by atoms with Gasteiger partial charge in [0.15, 0.2) is 0 Å². The molecule has 1 aromatic rings. The number of phenolic OH excluding ortho intramolecular Hbond substituents is 1. The summed E-state index contributed by atoms with van der Waals surface area (Å²) in [5.41, 5.74) is 1.13. The zero-order chi connectivity index (χ0) is 12.1. The number of ketones is 1. The number of nitrogens with one attached hydrogen (secondary N) is 1. The lowest BCUT2D eigenvalue weighted by Gasteiger charge is -2.07. The Morgan fingerprint density at radius 2 is 2.06 bits per heavy atom. The highest BCUT2D eigenvalue weighted by atomic mass is 16.3. The van der Waals surface area contributed by atoms with Gasteiger partial charge < -0.3 is 10.4 Å². The number of phenols is 1. The van der Waals surface area contributed by atoms with Gasteiger partial charge in [0.1, 0.15) is 11.5 Å². The maximum atomic E-state index is 11.2. The molecular formula is C12H15NO3. The van der Waals surface area contributed by atoms with E-state index in [1.807, 2.05) is 0 Å². The summed E-state index contributed by atoms with van der Waals surface area (Å²) in [4.78, 5) is 22.1. The molecule has 0 aliphatic rings. The van der Waals surface area contributed by atoms with Gasteiger partial charge in [0.2, 0.25) is 5.91 Å². The highest BCUT2D eigenvalue weighted by Crippen LogP contribution is 2.24. The smallest absolute Gasteiger partial charge is 0.221 e. The molecule has 1 aromatic carbocycles. The number of amides is 1. The quantitative estimate of drug-likeness (QED) is 0.763. The van der Waals surface area contributed by atoms with Crippen LogP contribution in [0.4, 0.5) is 5.69 Å². The summed E-state index contributed by atoms with van der Waals surface area (Å²) in [5.74, 6) is -0.128. The summed E-state index contributed by atoms with van der Waals surface area (Å²) in [7, 11) is 0. The molecule has 0 aliphatic carbocycles. The highest BCUT2D eigenvalue weighted by molar-refractivity contribution is 5.90. The van der Waals surface area contributed by atoms with Gasteiger partial charge in [-0.3, -0.25) is 9.59 Å². The molecule has 0 saturated carbocycles. The molecule has 4 heteroatoms. The number of carbonyl (C=O) groups is 2. The third-order valence-corrected chi connectivity index (χ3v) is 2.17. The number of hydrogen-bond acceptors (Lipinski definition) is 3. The molecule has 0 unspecified atom stereocenters. The zero-order valence-corrected chi connectivity index (χ0v) is 9.41. The Balaban J connectivity index is 2.88. The van der Waals surface area contributed by atoms with Crippen LogP contribution in [0.1, 0.15) is 25.8 Å². The van der Waals surface area contributed by atoms with Crippen LogP contribution in [0.15, 0.2) is 18.2 Å². The van der Waals surface area contributed by atoms with Crippen LogP contribution in [0.5, 0.6) is 5.75 Å². The molecule has 0 aliphatic heterocycles. The van der Waals surface area contributed by atoms with E-state index in [1.54, 1.807) is 19.1 Å². The Bertz CT molecular complexity index is 413. The molecule has 16 heavy (non-hydrogen) atoms. The fourth-order valence-electron chi connectivity index (χ4n) is 1.34. The molecule has 2 N–H and O–H groups in total. The van der Waals surface area contributed by atoms with Gasteiger partial charge in [0.25, 0.3) is 0 Å². The molecule has 0 aromatic heterocycles. The zero-order valence-electron chi connectivity index (χ0n) is 9.41. The SMILES string of the molecule is CCC(=O)Cc1ccc(O)c(NC(C)=O)c1. The first-order valence-corrected chi connectivity index (χ1v) is 5.14. The van der Waals surface area contributed by atoms with Crippen LogP contribution in [-0.2, 0) is 16.0 Å². The van der Waals surface area contributed by atoms with Crippen LogP contribution in [0.2, 0.25) is 0 Å². The van der Waals surface area contributed by atoms with Crippen molar-refractivity contribution in [3.05, 3.63) is 23.8 Å². The molecule has 0 spiro atoms. The Labute approximate surface area is 94.3 Å². The van der Waals surface area contributed by atoms with E-state index >= 15 is 0 Å². The summed E-state index contributed by atoms with van der Waals surface area (Å²) in [6, 6.07) is 4.77. The minimum atomic E-state index is -0.255. The van der Waals surface area contributed by atoms with E-state index in [4.69, 9.17) is 0 Å². The molecular weight excluding hydrogens is 206 g/mol. The monoisotopic (exact) mass is 221 g/mol. The molecule has 86 valence electrons. The Hall–Kier alpha value is -1.84. The van der Waals surface area contributed by atoms with Gasteiger partial charge in [-0.15, -0.1) is 0 Å². The van der Waals surface area contributed by atoms with Crippen molar-refractivity contribution >= 4 is 17.4 Å². The van der Waals surface area contributed by atoms with Gasteiger partial charge in [0, 0.05) is 19.8 Å². The first-order chi connectivity index (χ1) is 7.52. The Morgan fingerprint density at radius 1 is 1.38 bits per heavy atom. The van der Waals surface area contributed by atoms with E-state index < -0.39 is 0 Å². The first kappa shape index (κ1) is 12.2. The lowest BCUT2D eigenvalue weighted by atomic mass is 10.1. The average Bonchev–Trinajstić information content (AvgIpc) is 2.22. The maximum absolute atomic E-state index is 11.2. The Kier molecular flexibility index (Phi) is 4.05. The first-order valence-electron chi connectivity index (χ1n) is 5.14. The molecule has 0 fully saturated rings. The number of anilines is 1. The molecule has 0 heterocycles. The number of rotatable bonds is 4. The molecule has 0 bridgehead atoms. The number of carbonyl (C=O) groups excluding carboxylic acids is 2. The van der Waals surface area contributed by atoms with Crippen molar-refractivity contribution in [1.82, 2.24) is 0 Å². The van der Waals surface area contributed by atoms with Crippen molar-refractivity contribution in [3.8, 4) is 5.75 Å². The molecule has 4 nitrogen and oxygen atoms in total. The van der Waals surface area contributed by atoms with Crippen molar-refractivity contribution < 1.29 is 14.7 Å². The van der Waals surface area contributed by atoms with Gasteiger partial charge in [-0.2, -0.15) is 0 Å². The standard InChI is InChI=1S/C12H15NO3/c1-3-10(15)6-9-4-5-12(16)11(7-9)13-8(2)14/h4-5,7,16H,3,6H2,1-2H3,(H,13,14). The lowest BCUT2D eigenvalue weighted by molar-refractivity contribution is -0.118. The Morgan fingerprint density at radius 3 is 2.62 bits per heavy atom. The molecule has 0 saturated heterocycles. The van der Waals surface area contributed by atoms with Gasteiger partial charge >= 0.3 is 0 Å². The van der Waals surface area contributed by atoms with E-state index in [0.717, 1.165) is 5.56 Å². The third-order valence-electron chi connectivity index (χ3n) is 2.17. The van der Waals surface area contributed by atoms with Crippen LogP contribution in [0.3, 0.4) is 0 Å². The molecule has 0 atom stereocenters. The van der Waals surface area contributed by atoms with Crippen molar-refractivity contribution in [2.24, 2.45) is 0 Å².